The van der Waals surface area contributed by atoms with E-state index in [1.54, 1.807) is 30.9 Å². The molecule has 0 bridgehead atoms. The number of amides is 1. The second kappa shape index (κ2) is 7.15. The predicted octanol–water partition coefficient (Wildman–Crippen LogP) is 3.91. The van der Waals surface area contributed by atoms with Gasteiger partial charge in [-0.1, -0.05) is 0 Å². The normalized spacial score (nSPS) is 20.2. The van der Waals surface area contributed by atoms with Crippen molar-refractivity contribution in [3.63, 3.8) is 0 Å². The number of aromatic nitrogens is 4. The number of halogens is 1. The van der Waals surface area contributed by atoms with Crippen molar-refractivity contribution in [1.29, 1.82) is 0 Å². The fraction of sp³-hybridized carbons (Fsp3) is 0.368. The Labute approximate surface area is 160 Å². The summed E-state index contributed by atoms with van der Waals surface area (Å²) in [5, 5.41) is 1.08. The van der Waals surface area contributed by atoms with Crippen molar-refractivity contribution in [2.24, 2.45) is 0 Å². The van der Waals surface area contributed by atoms with Crippen LogP contribution in [0.3, 0.4) is 0 Å². The lowest BCUT2D eigenvalue weighted by Gasteiger charge is -2.34. The van der Waals surface area contributed by atoms with Crippen molar-refractivity contribution in [1.82, 2.24) is 24.8 Å². The van der Waals surface area contributed by atoms with Crippen molar-refractivity contribution in [2.45, 2.75) is 37.6 Å². The molecule has 1 aliphatic rings. The zero-order valence-corrected chi connectivity index (χ0v) is 16.1. The lowest BCUT2D eigenvalue weighted by molar-refractivity contribution is 0.0689. The van der Waals surface area contributed by atoms with E-state index in [0.29, 0.717) is 11.5 Å². The number of fused-ring (bicyclic) bond motifs is 1. The lowest BCUT2D eigenvalue weighted by atomic mass is 9.82. The summed E-state index contributed by atoms with van der Waals surface area (Å²) >= 11 is 3.60. The van der Waals surface area contributed by atoms with Gasteiger partial charge in [0, 0.05) is 47.6 Å². The van der Waals surface area contributed by atoms with E-state index in [1.807, 2.05) is 18.1 Å². The molecular formula is C19H20BrN5O. The maximum Gasteiger partial charge on any atom is 0.253 e. The molecular weight excluding hydrogens is 394 g/mol. The minimum Gasteiger partial charge on any atom is -0.345 e. The monoisotopic (exact) mass is 413 g/mol. The number of nitrogens with one attached hydrogen (secondary N) is 1. The highest BCUT2D eigenvalue weighted by Crippen LogP contribution is 2.38. The first kappa shape index (κ1) is 17.1. The number of nitrogens with zero attached hydrogens (tertiary/aromatic N) is 4. The van der Waals surface area contributed by atoms with Gasteiger partial charge in [0.15, 0.2) is 0 Å². The summed E-state index contributed by atoms with van der Waals surface area (Å²) < 4.78 is 1.01. The van der Waals surface area contributed by atoms with Crippen molar-refractivity contribution in [3.8, 4) is 0 Å². The summed E-state index contributed by atoms with van der Waals surface area (Å²) in [6.45, 7) is 0. The van der Waals surface area contributed by atoms with Crippen LogP contribution in [0.1, 0.15) is 47.7 Å². The fourth-order valence-corrected chi connectivity index (χ4v) is 4.36. The molecule has 0 unspecified atom stereocenters. The molecule has 3 heterocycles. The van der Waals surface area contributed by atoms with E-state index in [9.17, 15) is 4.79 Å². The first-order valence-electron chi connectivity index (χ1n) is 8.80. The molecule has 1 saturated carbocycles. The van der Waals surface area contributed by atoms with Crippen LogP contribution in [0, 0.1) is 0 Å². The number of aromatic amines is 1. The Hall–Kier alpha value is -2.28. The zero-order chi connectivity index (χ0) is 18.1. The van der Waals surface area contributed by atoms with Gasteiger partial charge in [-0.05, 0) is 53.7 Å². The Morgan fingerprint density at radius 2 is 1.92 bits per heavy atom. The number of hydrogen-bond donors (Lipinski definition) is 1. The zero-order valence-electron chi connectivity index (χ0n) is 14.5. The third kappa shape index (κ3) is 3.11. The van der Waals surface area contributed by atoms with Gasteiger partial charge in [0.25, 0.3) is 5.91 Å². The van der Waals surface area contributed by atoms with Gasteiger partial charge in [0.1, 0.15) is 12.0 Å². The highest BCUT2D eigenvalue weighted by molar-refractivity contribution is 9.10. The topological polar surface area (TPSA) is 74.8 Å². The average molecular weight is 414 g/mol. The molecule has 3 aromatic rings. The summed E-state index contributed by atoms with van der Waals surface area (Å²) in [5.74, 6) is 0.460. The second-order valence-corrected chi connectivity index (χ2v) is 7.63. The minimum atomic E-state index is 0.0636. The average Bonchev–Trinajstić information content (AvgIpc) is 3.09. The Morgan fingerprint density at radius 1 is 1.19 bits per heavy atom. The van der Waals surface area contributed by atoms with Crippen molar-refractivity contribution in [3.05, 3.63) is 52.8 Å². The lowest BCUT2D eigenvalue weighted by Crippen LogP contribution is -2.39. The van der Waals surface area contributed by atoms with E-state index in [0.717, 1.165) is 46.9 Å². The third-order valence-corrected chi connectivity index (χ3v) is 5.96. The van der Waals surface area contributed by atoms with E-state index in [-0.39, 0.29) is 11.9 Å². The molecule has 1 amide bonds. The summed E-state index contributed by atoms with van der Waals surface area (Å²) in [6.07, 6.45) is 10.9. The fourth-order valence-electron chi connectivity index (χ4n) is 3.86. The number of pyridine rings is 1. The standard InChI is InChI=1S/C19H20BrN5O/c1-25(19(26)13-6-8-21-9-7-13)14-4-2-12(3-5-14)17-16-15(20)10-22-18(16)24-11-23-17/h6-12,14H,2-5H2,1H3,(H,22,23,24). The Morgan fingerprint density at radius 3 is 2.65 bits per heavy atom. The molecule has 7 heteroatoms. The molecule has 0 atom stereocenters. The molecule has 0 aliphatic heterocycles. The van der Waals surface area contributed by atoms with Crippen LogP contribution in [0.5, 0.6) is 0 Å². The van der Waals surface area contributed by atoms with Gasteiger partial charge < -0.3 is 9.88 Å². The maximum atomic E-state index is 12.6. The van der Waals surface area contributed by atoms with Gasteiger partial charge in [-0.15, -0.1) is 0 Å². The first-order valence-corrected chi connectivity index (χ1v) is 9.59. The van der Waals surface area contributed by atoms with Gasteiger partial charge in [0.05, 0.1) is 11.1 Å². The molecule has 26 heavy (non-hydrogen) atoms. The van der Waals surface area contributed by atoms with Crippen LogP contribution < -0.4 is 0 Å². The number of rotatable bonds is 3. The Balaban J connectivity index is 1.47. The van der Waals surface area contributed by atoms with E-state index < -0.39 is 0 Å². The SMILES string of the molecule is CN(C(=O)c1ccncc1)C1CCC(c2ncnc3[nH]cc(Br)c23)CC1. The predicted molar refractivity (Wildman–Crippen MR) is 103 cm³/mol. The smallest absolute Gasteiger partial charge is 0.253 e. The Kier molecular flexibility index (Phi) is 4.72. The van der Waals surface area contributed by atoms with Gasteiger partial charge >= 0.3 is 0 Å². The first-order chi connectivity index (χ1) is 12.6. The molecule has 4 rings (SSSR count). The third-order valence-electron chi connectivity index (χ3n) is 5.33. The van der Waals surface area contributed by atoms with Gasteiger partial charge in [0.2, 0.25) is 0 Å². The number of H-pyrrole nitrogens is 1. The molecule has 0 spiro atoms. The number of carbonyl (C=O) groups is 1. The van der Waals surface area contributed by atoms with Crippen molar-refractivity contribution < 1.29 is 4.79 Å². The molecule has 1 aliphatic carbocycles. The van der Waals surface area contributed by atoms with Crippen molar-refractivity contribution >= 4 is 32.9 Å². The highest BCUT2D eigenvalue weighted by Gasteiger charge is 2.29. The molecule has 1 N–H and O–H groups in total. The van der Waals surface area contributed by atoms with Crippen molar-refractivity contribution in [2.75, 3.05) is 7.05 Å². The second-order valence-electron chi connectivity index (χ2n) is 6.78. The van der Waals surface area contributed by atoms with Gasteiger partial charge in [-0.25, -0.2) is 9.97 Å². The van der Waals surface area contributed by atoms with E-state index in [2.05, 4.69) is 35.9 Å². The number of carbonyl (C=O) groups excluding carboxylic acids is 1. The quantitative estimate of drug-likeness (QED) is 0.705. The summed E-state index contributed by atoms with van der Waals surface area (Å²) in [6, 6.07) is 3.80. The van der Waals surface area contributed by atoms with Crippen LogP contribution in [0.15, 0.2) is 41.5 Å². The summed E-state index contributed by atoms with van der Waals surface area (Å²) in [7, 11) is 1.90. The molecule has 0 radical (unpaired) electrons. The summed E-state index contributed by atoms with van der Waals surface area (Å²) in [5.41, 5.74) is 2.66. The van der Waals surface area contributed by atoms with Crippen LogP contribution in [0.2, 0.25) is 0 Å². The molecule has 6 nitrogen and oxygen atoms in total. The van der Waals surface area contributed by atoms with E-state index >= 15 is 0 Å². The molecule has 134 valence electrons. The van der Waals surface area contributed by atoms with Crippen LogP contribution >= 0.6 is 15.9 Å². The minimum absolute atomic E-state index is 0.0636. The number of hydrogen-bond acceptors (Lipinski definition) is 4. The van der Waals surface area contributed by atoms with Gasteiger partial charge in [-0.3, -0.25) is 9.78 Å². The molecule has 3 aromatic heterocycles. The maximum absolute atomic E-state index is 12.6. The molecule has 0 aromatic carbocycles. The largest absolute Gasteiger partial charge is 0.345 e. The molecule has 1 fully saturated rings. The van der Waals surface area contributed by atoms with Crippen LogP contribution in [0.4, 0.5) is 0 Å². The van der Waals surface area contributed by atoms with Crippen LogP contribution in [-0.2, 0) is 0 Å². The Bertz CT molecular complexity index is 918. The van der Waals surface area contributed by atoms with E-state index in [4.69, 9.17) is 0 Å². The van der Waals surface area contributed by atoms with Crippen LogP contribution in [-0.4, -0.2) is 43.8 Å². The van der Waals surface area contributed by atoms with Crippen LogP contribution in [0.25, 0.3) is 11.0 Å². The summed E-state index contributed by atoms with van der Waals surface area (Å²) in [4.78, 5) is 30.6. The van der Waals surface area contributed by atoms with E-state index in [1.165, 1.54) is 0 Å². The van der Waals surface area contributed by atoms with Gasteiger partial charge in [-0.2, -0.15) is 0 Å². The highest BCUT2D eigenvalue weighted by atomic mass is 79.9. The molecule has 0 saturated heterocycles.